The van der Waals surface area contributed by atoms with Crippen molar-refractivity contribution >= 4 is 0 Å². The molecule has 0 spiro atoms. The summed E-state index contributed by atoms with van der Waals surface area (Å²) < 4.78 is 5.34. The first kappa shape index (κ1) is 7.56. The van der Waals surface area contributed by atoms with Crippen molar-refractivity contribution in [2.45, 2.75) is 19.3 Å². The van der Waals surface area contributed by atoms with Crippen LogP contribution in [0.1, 0.15) is 19.3 Å². The molecule has 0 radical (unpaired) electrons. The molecule has 0 aromatic carbocycles. The summed E-state index contributed by atoms with van der Waals surface area (Å²) in [6.45, 7) is 5.96. The second kappa shape index (κ2) is 3.55. The maximum Gasteiger partial charge on any atom is 0.0507 e. The van der Waals surface area contributed by atoms with E-state index in [1.165, 1.54) is 38.9 Å². The highest BCUT2D eigenvalue weighted by Gasteiger charge is 2.20. The second-order valence-corrected chi connectivity index (χ2v) is 3.74. The fourth-order valence-electron chi connectivity index (χ4n) is 2.06. The Balaban J connectivity index is 1.71. The van der Waals surface area contributed by atoms with Crippen molar-refractivity contribution in [3.8, 4) is 0 Å². The average molecular weight is 155 g/mol. The molecule has 2 heterocycles. The molecular weight excluding hydrogens is 138 g/mol. The standard InChI is InChI=1S/C9H17NO/c1-2-5-10(4-1)7-9-3-6-11-8-9/h9H,1-8H2. The average Bonchev–Trinajstić information content (AvgIpc) is 2.60. The van der Waals surface area contributed by atoms with Crippen LogP contribution in [0.2, 0.25) is 0 Å². The molecule has 2 aliphatic heterocycles. The molecule has 2 heteroatoms. The van der Waals surface area contributed by atoms with E-state index in [0.717, 1.165) is 19.1 Å². The predicted molar refractivity (Wildman–Crippen MR) is 44.6 cm³/mol. The molecule has 64 valence electrons. The van der Waals surface area contributed by atoms with Crippen LogP contribution in [0.25, 0.3) is 0 Å². The normalized spacial score (nSPS) is 33.3. The van der Waals surface area contributed by atoms with Crippen molar-refractivity contribution in [2.75, 3.05) is 32.8 Å². The minimum atomic E-state index is 0.841. The minimum Gasteiger partial charge on any atom is -0.381 e. The van der Waals surface area contributed by atoms with E-state index in [1.807, 2.05) is 0 Å². The van der Waals surface area contributed by atoms with E-state index in [1.54, 1.807) is 0 Å². The Labute approximate surface area is 68.5 Å². The first-order valence-corrected chi connectivity index (χ1v) is 4.75. The fraction of sp³-hybridized carbons (Fsp3) is 1.00. The van der Waals surface area contributed by atoms with Gasteiger partial charge in [0.2, 0.25) is 0 Å². The molecule has 0 bridgehead atoms. The number of hydrogen-bond donors (Lipinski definition) is 0. The Kier molecular flexibility index (Phi) is 2.44. The Bertz CT molecular complexity index is 101. The summed E-state index contributed by atoms with van der Waals surface area (Å²) in [6, 6.07) is 0. The molecule has 0 amide bonds. The summed E-state index contributed by atoms with van der Waals surface area (Å²) in [4.78, 5) is 2.58. The highest BCUT2D eigenvalue weighted by atomic mass is 16.5. The maximum atomic E-state index is 5.34. The van der Waals surface area contributed by atoms with Gasteiger partial charge in [-0.3, -0.25) is 0 Å². The van der Waals surface area contributed by atoms with Crippen LogP contribution >= 0.6 is 0 Å². The first-order valence-electron chi connectivity index (χ1n) is 4.75. The van der Waals surface area contributed by atoms with Gasteiger partial charge in [-0.2, -0.15) is 0 Å². The van der Waals surface area contributed by atoms with Crippen molar-refractivity contribution in [1.29, 1.82) is 0 Å². The van der Waals surface area contributed by atoms with E-state index in [4.69, 9.17) is 4.74 Å². The zero-order valence-electron chi connectivity index (χ0n) is 7.09. The van der Waals surface area contributed by atoms with Gasteiger partial charge in [-0.05, 0) is 38.3 Å². The van der Waals surface area contributed by atoms with Crippen LogP contribution in [-0.4, -0.2) is 37.7 Å². The number of nitrogens with zero attached hydrogens (tertiary/aromatic N) is 1. The van der Waals surface area contributed by atoms with Crippen LogP contribution in [0.3, 0.4) is 0 Å². The molecule has 0 aliphatic carbocycles. The third-order valence-corrected chi connectivity index (χ3v) is 2.74. The van der Waals surface area contributed by atoms with Gasteiger partial charge in [0, 0.05) is 13.2 Å². The lowest BCUT2D eigenvalue weighted by molar-refractivity contribution is 0.174. The van der Waals surface area contributed by atoms with Gasteiger partial charge < -0.3 is 9.64 Å². The van der Waals surface area contributed by atoms with E-state index < -0.39 is 0 Å². The highest BCUT2D eigenvalue weighted by molar-refractivity contribution is 4.73. The van der Waals surface area contributed by atoms with Crippen molar-refractivity contribution in [3.63, 3.8) is 0 Å². The van der Waals surface area contributed by atoms with Gasteiger partial charge in [0.25, 0.3) is 0 Å². The summed E-state index contributed by atoms with van der Waals surface area (Å²) in [6.07, 6.45) is 4.11. The fourth-order valence-corrected chi connectivity index (χ4v) is 2.06. The van der Waals surface area contributed by atoms with Gasteiger partial charge in [-0.25, -0.2) is 0 Å². The van der Waals surface area contributed by atoms with Crippen molar-refractivity contribution in [2.24, 2.45) is 5.92 Å². The van der Waals surface area contributed by atoms with Crippen molar-refractivity contribution < 1.29 is 4.74 Å². The molecule has 2 aliphatic rings. The molecule has 0 N–H and O–H groups in total. The Hall–Kier alpha value is -0.0800. The molecule has 0 saturated carbocycles. The first-order chi connectivity index (χ1) is 5.45. The van der Waals surface area contributed by atoms with E-state index in [0.29, 0.717) is 0 Å². The molecule has 1 atom stereocenters. The van der Waals surface area contributed by atoms with E-state index in [-0.39, 0.29) is 0 Å². The summed E-state index contributed by atoms with van der Waals surface area (Å²) >= 11 is 0. The minimum absolute atomic E-state index is 0.841. The van der Waals surface area contributed by atoms with Gasteiger partial charge in [-0.1, -0.05) is 0 Å². The predicted octanol–water partition coefficient (Wildman–Crippen LogP) is 1.12. The Morgan fingerprint density at radius 1 is 1.27 bits per heavy atom. The van der Waals surface area contributed by atoms with E-state index >= 15 is 0 Å². The lowest BCUT2D eigenvalue weighted by atomic mass is 10.1. The Morgan fingerprint density at radius 3 is 2.73 bits per heavy atom. The number of hydrogen-bond acceptors (Lipinski definition) is 2. The third-order valence-electron chi connectivity index (χ3n) is 2.74. The quantitative estimate of drug-likeness (QED) is 0.592. The molecular formula is C9H17NO. The van der Waals surface area contributed by atoms with Crippen LogP contribution in [0.4, 0.5) is 0 Å². The number of likely N-dealkylation sites (tertiary alicyclic amines) is 1. The zero-order valence-corrected chi connectivity index (χ0v) is 7.09. The lowest BCUT2D eigenvalue weighted by Crippen LogP contribution is -2.26. The van der Waals surface area contributed by atoms with Gasteiger partial charge in [0.05, 0.1) is 6.61 Å². The molecule has 2 saturated heterocycles. The SMILES string of the molecule is C1CCN(CC2CCOC2)C1. The van der Waals surface area contributed by atoms with E-state index in [9.17, 15) is 0 Å². The van der Waals surface area contributed by atoms with Crippen LogP contribution in [-0.2, 0) is 4.74 Å². The monoisotopic (exact) mass is 155 g/mol. The smallest absolute Gasteiger partial charge is 0.0507 e. The summed E-state index contributed by atoms with van der Waals surface area (Å²) in [5, 5.41) is 0. The molecule has 2 rings (SSSR count). The molecule has 11 heavy (non-hydrogen) atoms. The highest BCUT2D eigenvalue weighted by Crippen LogP contribution is 2.16. The molecule has 2 nitrogen and oxygen atoms in total. The van der Waals surface area contributed by atoms with E-state index in [2.05, 4.69) is 4.90 Å². The van der Waals surface area contributed by atoms with Gasteiger partial charge in [0.1, 0.15) is 0 Å². The van der Waals surface area contributed by atoms with Gasteiger partial charge in [-0.15, -0.1) is 0 Å². The zero-order chi connectivity index (χ0) is 7.52. The molecule has 0 aromatic rings. The molecule has 0 aromatic heterocycles. The van der Waals surface area contributed by atoms with Crippen LogP contribution < -0.4 is 0 Å². The third kappa shape index (κ3) is 1.94. The number of rotatable bonds is 2. The summed E-state index contributed by atoms with van der Waals surface area (Å²) in [5.74, 6) is 0.841. The Morgan fingerprint density at radius 2 is 2.09 bits per heavy atom. The van der Waals surface area contributed by atoms with Crippen LogP contribution in [0.15, 0.2) is 0 Å². The van der Waals surface area contributed by atoms with Crippen LogP contribution in [0.5, 0.6) is 0 Å². The van der Waals surface area contributed by atoms with Gasteiger partial charge in [0.15, 0.2) is 0 Å². The van der Waals surface area contributed by atoms with Crippen molar-refractivity contribution in [3.05, 3.63) is 0 Å². The van der Waals surface area contributed by atoms with Crippen molar-refractivity contribution in [1.82, 2.24) is 4.90 Å². The topological polar surface area (TPSA) is 12.5 Å². The largest absolute Gasteiger partial charge is 0.381 e. The van der Waals surface area contributed by atoms with Gasteiger partial charge >= 0.3 is 0 Å². The summed E-state index contributed by atoms with van der Waals surface area (Å²) in [5.41, 5.74) is 0. The number of ether oxygens (including phenoxy) is 1. The lowest BCUT2D eigenvalue weighted by Gasteiger charge is -2.17. The van der Waals surface area contributed by atoms with Crippen LogP contribution in [0, 0.1) is 5.92 Å². The molecule has 1 unspecified atom stereocenters. The molecule has 2 fully saturated rings. The second-order valence-electron chi connectivity index (χ2n) is 3.74. The summed E-state index contributed by atoms with van der Waals surface area (Å²) in [7, 11) is 0. The maximum absolute atomic E-state index is 5.34.